The summed E-state index contributed by atoms with van der Waals surface area (Å²) in [5.74, 6) is -1.02. The average molecular weight is 368 g/mol. The molecule has 7 nitrogen and oxygen atoms in total. The maximum absolute atomic E-state index is 14.6. The first kappa shape index (κ1) is 20.0. The van der Waals surface area contributed by atoms with Crippen LogP contribution in [0.25, 0.3) is 0 Å². The Morgan fingerprint density at radius 2 is 2.00 bits per heavy atom. The topological polar surface area (TPSA) is 77.1 Å². The van der Waals surface area contributed by atoms with Gasteiger partial charge in [-0.25, -0.2) is 9.18 Å². The van der Waals surface area contributed by atoms with Crippen molar-refractivity contribution in [3.63, 3.8) is 0 Å². The average Bonchev–Trinajstić information content (AvgIpc) is 2.64. The molecule has 1 unspecified atom stereocenters. The lowest BCUT2D eigenvalue weighted by Crippen LogP contribution is -2.36. The predicted molar refractivity (Wildman–Crippen MR) is 93.5 cm³/mol. The number of ether oxygens (including phenoxy) is 3. The number of hydrogen-bond donors (Lipinski definition) is 1. The van der Waals surface area contributed by atoms with E-state index in [-0.39, 0.29) is 18.3 Å². The number of rotatable bonds is 6. The highest BCUT2D eigenvalue weighted by Crippen LogP contribution is 2.30. The van der Waals surface area contributed by atoms with E-state index in [0.717, 1.165) is 0 Å². The molecule has 1 atom stereocenters. The van der Waals surface area contributed by atoms with Crippen molar-refractivity contribution in [1.29, 1.82) is 0 Å². The van der Waals surface area contributed by atoms with Crippen molar-refractivity contribution < 1.29 is 28.2 Å². The molecule has 0 saturated carbocycles. The van der Waals surface area contributed by atoms with Crippen molar-refractivity contribution in [2.75, 3.05) is 44.9 Å². The van der Waals surface area contributed by atoms with Crippen LogP contribution in [-0.2, 0) is 19.0 Å². The number of carbonyl (C=O) groups is 2. The fourth-order valence-electron chi connectivity index (χ4n) is 2.72. The van der Waals surface area contributed by atoms with E-state index >= 15 is 0 Å². The Labute approximate surface area is 152 Å². The number of morpholine rings is 1. The van der Waals surface area contributed by atoms with Crippen molar-refractivity contribution >= 4 is 17.7 Å². The number of nitrogens with zero attached hydrogens (tertiary/aromatic N) is 1. The first-order chi connectivity index (χ1) is 12.4. The number of nitrogens with one attached hydrogen (secondary N) is 1. The van der Waals surface area contributed by atoms with Crippen molar-refractivity contribution in [1.82, 2.24) is 5.32 Å². The van der Waals surface area contributed by atoms with E-state index in [2.05, 4.69) is 10.1 Å². The van der Waals surface area contributed by atoms with Gasteiger partial charge in [0.15, 0.2) is 0 Å². The van der Waals surface area contributed by atoms with Crippen LogP contribution >= 0.6 is 0 Å². The van der Waals surface area contributed by atoms with E-state index in [4.69, 9.17) is 9.47 Å². The normalized spacial score (nSPS) is 15.5. The number of benzene rings is 1. The molecule has 0 radical (unpaired) electrons. The van der Waals surface area contributed by atoms with Crippen LogP contribution in [-0.4, -0.2) is 52.0 Å². The maximum Gasteiger partial charge on any atom is 0.408 e. The monoisotopic (exact) mass is 368 g/mol. The number of alkyl carbamates (subject to hydrolysis) is 1. The fraction of sp³-hybridized carbons (Fsp3) is 0.556. The predicted octanol–water partition coefficient (Wildman–Crippen LogP) is 2.26. The minimum Gasteiger partial charge on any atom is -0.468 e. The maximum atomic E-state index is 14.6. The molecule has 0 spiro atoms. The summed E-state index contributed by atoms with van der Waals surface area (Å²) in [5, 5.41) is 2.31. The zero-order chi connectivity index (χ0) is 19.1. The number of methoxy groups -OCH3 is 1. The molecule has 1 aliphatic rings. The molecule has 1 saturated heterocycles. The lowest BCUT2D eigenvalue weighted by molar-refractivity contribution is -0.139. The summed E-state index contributed by atoms with van der Waals surface area (Å²) in [6.45, 7) is 5.85. The highest BCUT2D eigenvalue weighted by molar-refractivity contribution is 5.77. The van der Waals surface area contributed by atoms with Gasteiger partial charge < -0.3 is 24.4 Å². The lowest BCUT2D eigenvalue weighted by atomic mass is 9.98. The van der Waals surface area contributed by atoms with Crippen molar-refractivity contribution in [3.8, 4) is 0 Å². The molecule has 1 N–H and O–H groups in total. The second kappa shape index (κ2) is 9.38. The number of esters is 1. The van der Waals surface area contributed by atoms with Crippen LogP contribution in [0.3, 0.4) is 0 Å². The van der Waals surface area contributed by atoms with E-state index in [1.54, 1.807) is 12.1 Å². The van der Waals surface area contributed by atoms with Crippen LogP contribution in [0.4, 0.5) is 14.9 Å². The Morgan fingerprint density at radius 1 is 1.31 bits per heavy atom. The lowest BCUT2D eigenvalue weighted by Gasteiger charge is -2.30. The van der Waals surface area contributed by atoms with Gasteiger partial charge in [-0.1, -0.05) is 19.9 Å². The molecule has 8 heteroatoms. The molecule has 1 aromatic carbocycles. The summed E-state index contributed by atoms with van der Waals surface area (Å²) in [6.07, 6.45) is -1.40. The minimum atomic E-state index is -0.758. The summed E-state index contributed by atoms with van der Waals surface area (Å²) in [4.78, 5) is 24.9. The van der Waals surface area contributed by atoms with Gasteiger partial charge in [0.2, 0.25) is 0 Å². The molecule has 0 bridgehead atoms. The third kappa shape index (κ3) is 5.32. The van der Waals surface area contributed by atoms with E-state index in [9.17, 15) is 14.0 Å². The second-order valence-electron chi connectivity index (χ2n) is 6.31. The summed E-state index contributed by atoms with van der Waals surface area (Å²) in [5.41, 5.74) is 1.07. The largest absolute Gasteiger partial charge is 0.468 e. The van der Waals surface area contributed by atoms with Crippen LogP contribution < -0.4 is 10.2 Å². The van der Waals surface area contributed by atoms with Gasteiger partial charge in [0.05, 0.1) is 26.0 Å². The Bertz CT molecular complexity index is 632. The summed E-state index contributed by atoms with van der Waals surface area (Å²) in [6, 6.07) is 4.84. The third-order valence-electron chi connectivity index (χ3n) is 4.10. The number of hydrogen-bond acceptors (Lipinski definition) is 6. The van der Waals surface area contributed by atoms with E-state index < -0.39 is 18.2 Å². The molecular weight excluding hydrogens is 343 g/mol. The van der Waals surface area contributed by atoms with Crippen LogP contribution in [0, 0.1) is 11.7 Å². The molecule has 1 amide bonds. The highest BCUT2D eigenvalue weighted by Gasteiger charge is 2.23. The molecule has 0 aromatic heterocycles. The van der Waals surface area contributed by atoms with Crippen LogP contribution in [0.5, 0.6) is 0 Å². The van der Waals surface area contributed by atoms with Crippen LogP contribution in [0.15, 0.2) is 18.2 Å². The summed E-state index contributed by atoms with van der Waals surface area (Å²) in [7, 11) is 1.23. The van der Waals surface area contributed by atoms with E-state index in [0.29, 0.717) is 37.6 Å². The first-order valence-electron chi connectivity index (χ1n) is 8.55. The van der Waals surface area contributed by atoms with Crippen molar-refractivity contribution in [2.45, 2.75) is 20.0 Å². The molecule has 2 rings (SSSR count). The fourth-order valence-corrected chi connectivity index (χ4v) is 2.72. The van der Waals surface area contributed by atoms with Gasteiger partial charge >= 0.3 is 12.1 Å². The van der Waals surface area contributed by atoms with Gasteiger partial charge in [0.25, 0.3) is 0 Å². The number of anilines is 1. The number of halogens is 1. The number of carbonyl (C=O) groups excluding carboxylic acids is 2. The van der Waals surface area contributed by atoms with Gasteiger partial charge in [-0.05, 0) is 23.6 Å². The van der Waals surface area contributed by atoms with Gasteiger partial charge in [-0.2, -0.15) is 0 Å². The Balaban J connectivity index is 2.08. The molecular formula is C18H25FN2O5. The highest BCUT2D eigenvalue weighted by atomic mass is 19.1. The Kier molecular flexibility index (Phi) is 7.20. The Morgan fingerprint density at radius 3 is 2.58 bits per heavy atom. The first-order valence-corrected chi connectivity index (χ1v) is 8.55. The Hall–Kier alpha value is -2.35. The molecule has 144 valence electrons. The zero-order valence-electron chi connectivity index (χ0n) is 15.3. The molecule has 1 heterocycles. The smallest absolute Gasteiger partial charge is 0.408 e. The van der Waals surface area contributed by atoms with Crippen molar-refractivity contribution in [3.05, 3.63) is 29.6 Å². The van der Waals surface area contributed by atoms with E-state index in [1.807, 2.05) is 18.7 Å². The van der Waals surface area contributed by atoms with Gasteiger partial charge in [0, 0.05) is 13.1 Å². The SMILES string of the molecule is COC(=O)CNC(=O)OC(c1ccc(N2CCOCC2)c(F)c1)C(C)C. The standard InChI is InChI=1S/C18H25FN2O5/c1-12(2)17(26-18(23)20-11-16(22)24-3)13-4-5-15(14(19)10-13)21-6-8-25-9-7-21/h4-5,10,12,17H,6-9,11H2,1-3H3,(H,20,23). The zero-order valence-corrected chi connectivity index (χ0v) is 15.3. The van der Waals surface area contributed by atoms with Crippen LogP contribution in [0.2, 0.25) is 0 Å². The van der Waals surface area contributed by atoms with Crippen molar-refractivity contribution in [2.24, 2.45) is 5.92 Å². The van der Waals surface area contributed by atoms with Gasteiger partial charge in [0.1, 0.15) is 18.5 Å². The second-order valence-corrected chi connectivity index (χ2v) is 6.31. The molecule has 0 aliphatic carbocycles. The van der Waals surface area contributed by atoms with Crippen LogP contribution in [0.1, 0.15) is 25.5 Å². The number of amides is 1. The third-order valence-corrected chi connectivity index (χ3v) is 4.10. The minimum absolute atomic E-state index is 0.0764. The molecule has 1 aromatic rings. The quantitative estimate of drug-likeness (QED) is 0.776. The summed E-state index contributed by atoms with van der Waals surface area (Å²) < 4.78 is 29.7. The van der Waals surface area contributed by atoms with Gasteiger partial charge in [-0.15, -0.1) is 0 Å². The van der Waals surface area contributed by atoms with E-state index in [1.165, 1.54) is 13.2 Å². The molecule has 1 aliphatic heterocycles. The molecule has 1 fully saturated rings. The molecule has 26 heavy (non-hydrogen) atoms. The van der Waals surface area contributed by atoms with Gasteiger partial charge in [-0.3, -0.25) is 4.79 Å². The summed E-state index contributed by atoms with van der Waals surface area (Å²) >= 11 is 0.